The second-order valence-electron chi connectivity index (χ2n) is 12.5. The number of aliphatic hydroxyl groups excluding tert-OH is 1. The van der Waals surface area contributed by atoms with Gasteiger partial charge in [0.1, 0.15) is 5.60 Å². The van der Waals surface area contributed by atoms with Gasteiger partial charge in [0.15, 0.2) is 0 Å². The van der Waals surface area contributed by atoms with Crippen LogP contribution in [0.5, 0.6) is 0 Å². The first-order chi connectivity index (χ1) is 17.6. The quantitative estimate of drug-likeness (QED) is 0.575. The van der Waals surface area contributed by atoms with Crippen LogP contribution in [0.25, 0.3) is 0 Å². The van der Waals surface area contributed by atoms with Crippen molar-refractivity contribution in [3.63, 3.8) is 0 Å². The predicted molar refractivity (Wildman–Crippen MR) is 143 cm³/mol. The minimum Gasteiger partial charge on any atom is -0.396 e. The summed E-state index contributed by atoms with van der Waals surface area (Å²) in [6, 6.07) is 0. The average molecular weight is 522 g/mol. The van der Waals surface area contributed by atoms with Crippen LogP contribution in [0.3, 0.4) is 0 Å². The second kappa shape index (κ2) is 13.4. The number of carbonyl (C=O) groups is 3. The molecular weight excluding hydrogens is 470 g/mol. The molecule has 0 bridgehead atoms. The van der Waals surface area contributed by atoms with Crippen LogP contribution in [0.15, 0.2) is 0 Å². The minimum absolute atomic E-state index is 0.152. The van der Waals surface area contributed by atoms with E-state index in [9.17, 15) is 14.4 Å². The molecule has 3 heterocycles. The fourth-order valence-electron chi connectivity index (χ4n) is 6.21. The van der Waals surface area contributed by atoms with Gasteiger partial charge in [0.2, 0.25) is 17.7 Å². The number of likely N-dealkylation sites (tertiary alicyclic amines) is 2. The van der Waals surface area contributed by atoms with Crippen LogP contribution >= 0.6 is 0 Å². The van der Waals surface area contributed by atoms with Crippen molar-refractivity contribution >= 4 is 17.7 Å². The molecule has 3 saturated heterocycles. The normalized spacial score (nSPS) is 27.8. The molecule has 8 nitrogen and oxygen atoms in total. The molecule has 1 spiro atoms. The third-order valence-electron chi connectivity index (χ3n) is 8.97. The molecule has 0 aromatic rings. The van der Waals surface area contributed by atoms with Crippen molar-refractivity contribution in [3.05, 3.63) is 0 Å². The van der Waals surface area contributed by atoms with E-state index in [0.29, 0.717) is 44.5 Å². The standard InChI is InChI=1S/C13H20N2O3.C9H17NO.C7H14O/c1-12(2)5-9(12)11(17)15-6-13(7-15)8(10(14)16)3-4-18-13;1-2-6-9(11)10-7-4-3-5-8-10;8-6-7-4-2-1-3-5-7/h8-9H,3-7H2,1-2H3,(H2,14,16);2-8H2,1H3;7-8H,1-6H2/t8?,9-;;/m1../s1. The molecule has 0 aromatic heterocycles. The Hall–Kier alpha value is -1.67. The van der Waals surface area contributed by atoms with Crippen molar-refractivity contribution in [2.75, 3.05) is 39.4 Å². The number of primary amides is 1. The number of piperidine rings is 1. The van der Waals surface area contributed by atoms with Crippen molar-refractivity contribution in [3.8, 4) is 0 Å². The van der Waals surface area contributed by atoms with Gasteiger partial charge in [0.25, 0.3) is 0 Å². The Morgan fingerprint density at radius 1 is 0.919 bits per heavy atom. The van der Waals surface area contributed by atoms with E-state index in [1.807, 2.05) is 9.80 Å². The third-order valence-corrected chi connectivity index (χ3v) is 8.97. The summed E-state index contributed by atoms with van der Waals surface area (Å²) in [5, 5.41) is 8.69. The molecule has 8 heteroatoms. The smallest absolute Gasteiger partial charge is 0.226 e. The van der Waals surface area contributed by atoms with Gasteiger partial charge < -0.3 is 25.4 Å². The largest absolute Gasteiger partial charge is 0.396 e. The van der Waals surface area contributed by atoms with Crippen molar-refractivity contribution in [1.29, 1.82) is 0 Å². The van der Waals surface area contributed by atoms with E-state index in [1.54, 1.807) is 0 Å². The van der Waals surface area contributed by atoms with Gasteiger partial charge in [-0.1, -0.05) is 40.0 Å². The summed E-state index contributed by atoms with van der Waals surface area (Å²) in [6.07, 6.45) is 13.7. The number of rotatable bonds is 5. The first kappa shape index (κ1) is 29.9. The minimum atomic E-state index is -0.472. The number of hydrogen-bond acceptors (Lipinski definition) is 5. The highest BCUT2D eigenvalue weighted by Crippen LogP contribution is 2.53. The Labute approximate surface area is 223 Å². The molecule has 0 aromatic carbocycles. The van der Waals surface area contributed by atoms with Crippen LogP contribution in [0.2, 0.25) is 0 Å². The fraction of sp³-hybridized carbons (Fsp3) is 0.897. The van der Waals surface area contributed by atoms with Gasteiger partial charge in [0.05, 0.1) is 19.0 Å². The second-order valence-corrected chi connectivity index (χ2v) is 12.5. The van der Waals surface area contributed by atoms with E-state index in [0.717, 1.165) is 32.4 Å². The Balaban J connectivity index is 0.000000171. The Morgan fingerprint density at radius 2 is 1.51 bits per heavy atom. The van der Waals surface area contributed by atoms with E-state index < -0.39 is 5.60 Å². The fourth-order valence-corrected chi connectivity index (χ4v) is 6.21. The molecule has 212 valence electrons. The van der Waals surface area contributed by atoms with Crippen LogP contribution in [-0.4, -0.2) is 77.6 Å². The SMILES string of the molecule is CC1(C)C[C@@H]1C(=O)N1CC2(C1)OCCC2C(N)=O.CCCC(=O)N1CCCCC1.OCC1CCCCC1. The summed E-state index contributed by atoms with van der Waals surface area (Å²) < 4.78 is 5.69. The molecule has 2 aliphatic carbocycles. The molecule has 5 rings (SSSR count). The van der Waals surface area contributed by atoms with Crippen molar-refractivity contribution in [2.45, 2.75) is 103 Å². The number of nitrogens with two attached hydrogens (primary N) is 1. The monoisotopic (exact) mass is 521 g/mol. The highest BCUT2D eigenvalue weighted by Gasteiger charge is 2.60. The zero-order valence-corrected chi connectivity index (χ0v) is 23.5. The van der Waals surface area contributed by atoms with E-state index in [4.69, 9.17) is 15.6 Å². The van der Waals surface area contributed by atoms with Gasteiger partial charge in [-0.15, -0.1) is 0 Å². The molecule has 5 fully saturated rings. The van der Waals surface area contributed by atoms with Crippen molar-refractivity contribution < 1.29 is 24.2 Å². The number of amides is 3. The van der Waals surface area contributed by atoms with Gasteiger partial charge in [-0.05, 0) is 62.7 Å². The van der Waals surface area contributed by atoms with Crippen LogP contribution in [0, 0.1) is 23.2 Å². The number of nitrogens with zero attached hydrogens (tertiary/aromatic N) is 2. The lowest BCUT2D eigenvalue weighted by molar-refractivity contribution is -0.170. The lowest BCUT2D eigenvalue weighted by Gasteiger charge is -2.49. The van der Waals surface area contributed by atoms with Gasteiger partial charge in [-0.2, -0.15) is 0 Å². The Bertz CT molecular complexity index is 768. The first-order valence-corrected chi connectivity index (χ1v) is 14.7. The molecule has 3 N–H and O–H groups in total. The van der Waals surface area contributed by atoms with Crippen LogP contribution in [-0.2, 0) is 19.1 Å². The number of hydrogen-bond donors (Lipinski definition) is 2. The number of aliphatic hydroxyl groups is 1. The number of ether oxygens (including phenoxy) is 1. The van der Waals surface area contributed by atoms with Crippen molar-refractivity contribution in [2.24, 2.45) is 28.9 Å². The third kappa shape index (κ3) is 7.92. The predicted octanol–water partition coefficient (Wildman–Crippen LogP) is 3.49. The van der Waals surface area contributed by atoms with Crippen LogP contribution < -0.4 is 5.73 Å². The lowest BCUT2D eigenvalue weighted by atomic mass is 9.80. The summed E-state index contributed by atoms with van der Waals surface area (Å²) in [5.41, 5.74) is 5.08. The maximum absolute atomic E-state index is 12.2. The Kier molecular flexibility index (Phi) is 10.8. The molecule has 1 unspecified atom stereocenters. The average Bonchev–Trinajstić information content (AvgIpc) is 3.30. The molecule has 0 radical (unpaired) electrons. The van der Waals surface area contributed by atoms with Gasteiger partial charge >= 0.3 is 0 Å². The van der Waals surface area contributed by atoms with Gasteiger partial charge in [-0.3, -0.25) is 14.4 Å². The molecule has 3 aliphatic heterocycles. The maximum atomic E-state index is 12.2. The maximum Gasteiger partial charge on any atom is 0.226 e. The molecule has 2 atom stereocenters. The molecular formula is C29H51N3O5. The van der Waals surface area contributed by atoms with Gasteiger partial charge in [0, 0.05) is 38.6 Å². The highest BCUT2D eigenvalue weighted by atomic mass is 16.5. The van der Waals surface area contributed by atoms with E-state index in [-0.39, 0.29) is 29.1 Å². The lowest BCUT2D eigenvalue weighted by Crippen LogP contribution is -2.68. The molecule has 3 amide bonds. The zero-order chi connectivity index (χ0) is 27.1. The molecule has 5 aliphatic rings. The van der Waals surface area contributed by atoms with E-state index in [1.165, 1.54) is 51.4 Å². The highest BCUT2D eigenvalue weighted by molar-refractivity contribution is 5.85. The Morgan fingerprint density at radius 3 is 2.00 bits per heavy atom. The molecule has 37 heavy (non-hydrogen) atoms. The molecule has 2 saturated carbocycles. The topological polar surface area (TPSA) is 113 Å². The zero-order valence-electron chi connectivity index (χ0n) is 23.5. The summed E-state index contributed by atoms with van der Waals surface area (Å²) in [6.45, 7) is 10.3. The summed E-state index contributed by atoms with van der Waals surface area (Å²) >= 11 is 0. The van der Waals surface area contributed by atoms with Crippen LogP contribution in [0.4, 0.5) is 0 Å². The summed E-state index contributed by atoms with van der Waals surface area (Å²) in [5.74, 6) is 0.837. The summed E-state index contributed by atoms with van der Waals surface area (Å²) in [7, 11) is 0. The summed E-state index contributed by atoms with van der Waals surface area (Å²) in [4.78, 5) is 38.7. The van der Waals surface area contributed by atoms with Crippen molar-refractivity contribution in [1.82, 2.24) is 9.80 Å². The van der Waals surface area contributed by atoms with E-state index in [2.05, 4.69) is 20.8 Å². The van der Waals surface area contributed by atoms with E-state index >= 15 is 0 Å². The van der Waals surface area contributed by atoms with Crippen LogP contribution in [0.1, 0.15) is 97.8 Å². The van der Waals surface area contributed by atoms with Gasteiger partial charge in [-0.25, -0.2) is 0 Å². The number of carbonyl (C=O) groups excluding carboxylic acids is 3. The first-order valence-electron chi connectivity index (χ1n) is 14.7.